The van der Waals surface area contributed by atoms with E-state index in [1.165, 1.54) is 12.8 Å². The number of rotatable bonds is 4. The summed E-state index contributed by atoms with van der Waals surface area (Å²) >= 11 is 12.0. The number of likely N-dealkylation sites (tertiary alicyclic amines) is 1. The molecule has 1 aliphatic carbocycles. The van der Waals surface area contributed by atoms with Crippen LogP contribution in [0.2, 0.25) is 10.0 Å². The van der Waals surface area contributed by atoms with E-state index in [9.17, 15) is 9.59 Å². The number of carbonyl (C=O) groups is 2. The van der Waals surface area contributed by atoms with Gasteiger partial charge in [-0.1, -0.05) is 42.1 Å². The lowest BCUT2D eigenvalue weighted by Crippen LogP contribution is -2.36. The highest BCUT2D eigenvalue weighted by molar-refractivity contribution is 6.35. The quantitative estimate of drug-likeness (QED) is 0.900. The summed E-state index contributed by atoms with van der Waals surface area (Å²) in [7, 11) is 0. The zero-order valence-corrected chi connectivity index (χ0v) is 14.4. The summed E-state index contributed by atoms with van der Waals surface area (Å²) in [6, 6.07) is 5.54. The smallest absolute Gasteiger partial charge is 0.225 e. The van der Waals surface area contributed by atoms with Crippen molar-refractivity contribution in [3.63, 3.8) is 0 Å². The van der Waals surface area contributed by atoms with E-state index in [0.29, 0.717) is 35.6 Å². The van der Waals surface area contributed by atoms with E-state index >= 15 is 0 Å². The Morgan fingerprint density at radius 3 is 2.70 bits per heavy atom. The van der Waals surface area contributed by atoms with Crippen LogP contribution < -0.4 is 5.32 Å². The van der Waals surface area contributed by atoms with Crippen LogP contribution in [0, 0.1) is 5.92 Å². The maximum atomic E-state index is 12.3. The van der Waals surface area contributed by atoms with Gasteiger partial charge in [-0.25, -0.2) is 0 Å². The number of benzene rings is 1. The average Bonchev–Trinajstić information content (AvgIpc) is 3.15. The van der Waals surface area contributed by atoms with Gasteiger partial charge in [-0.05, 0) is 30.5 Å². The van der Waals surface area contributed by atoms with Crippen LogP contribution in [0.15, 0.2) is 18.2 Å². The van der Waals surface area contributed by atoms with Crippen molar-refractivity contribution >= 4 is 35.0 Å². The van der Waals surface area contributed by atoms with Crippen LogP contribution in [0.1, 0.15) is 37.7 Å². The highest BCUT2D eigenvalue weighted by Crippen LogP contribution is 2.29. The number of carbonyl (C=O) groups excluding carboxylic acids is 2. The van der Waals surface area contributed by atoms with Crippen molar-refractivity contribution in [3.05, 3.63) is 33.8 Å². The maximum Gasteiger partial charge on any atom is 0.225 e. The molecule has 0 aromatic heterocycles. The Labute approximate surface area is 146 Å². The second kappa shape index (κ2) is 7.10. The van der Waals surface area contributed by atoms with Crippen LogP contribution in [0.5, 0.6) is 0 Å². The predicted octanol–water partition coefficient (Wildman–Crippen LogP) is 3.40. The summed E-state index contributed by atoms with van der Waals surface area (Å²) < 4.78 is 0. The van der Waals surface area contributed by atoms with Crippen LogP contribution >= 0.6 is 23.2 Å². The summed E-state index contributed by atoms with van der Waals surface area (Å²) in [5.41, 5.74) is 0.821. The van der Waals surface area contributed by atoms with Crippen molar-refractivity contribution in [2.75, 3.05) is 6.54 Å². The fraction of sp³-hybridized carbons (Fsp3) is 0.529. The summed E-state index contributed by atoms with van der Waals surface area (Å²) in [6.07, 6.45) is 4.82. The van der Waals surface area contributed by atoms with E-state index in [0.717, 1.165) is 18.4 Å². The third-order valence-electron chi connectivity index (χ3n) is 4.76. The van der Waals surface area contributed by atoms with E-state index < -0.39 is 0 Å². The molecule has 0 unspecified atom stereocenters. The van der Waals surface area contributed by atoms with Crippen LogP contribution in [0.3, 0.4) is 0 Å². The van der Waals surface area contributed by atoms with E-state index in [1.54, 1.807) is 18.2 Å². The molecule has 2 amide bonds. The van der Waals surface area contributed by atoms with Crippen molar-refractivity contribution < 1.29 is 9.59 Å². The molecule has 2 aliphatic rings. The lowest BCUT2D eigenvalue weighted by molar-refractivity contribution is -0.130. The normalized spacial score (nSPS) is 21.9. The molecule has 1 aromatic rings. The minimum atomic E-state index is -0.255. The number of amides is 2. The predicted molar refractivity (Wildman–Crippen MR) is 90.4 cm³/mol. The van der Waals surface area contributed by atoms with Crippen molar-refractivity contribution in [1.29, 1.82) is 0 Å². The summed E-state index contributed by atoms with van der Waals surface area (Å²) in [5, 5.41) is 3.99. The fourth-order valence-electron chi connectivity index (χ4n) is 3.47. The third-order valence-corrected chi connectivity index (χ3v) is 5.35. The maximum absolute atomic E-state index is 12.3. The largest absolute Gasteiger partial charge is 0.352 e. The minimum Gasteiger partial charge on any atom is -0.352 e. The molecule has 6 heteroatoms. The molecule has 1 saturated heterocycles. The van der Waals surface area contributed by atoms with Crippen LogP contribution in [-0.4, -0.2) is 29.3 Å². The molecular formula is C17H20Cl2N2O2. The molecule has 0 spiro atoms. The van der Waals surface area contributed by atoms with Crippen molar-refractivity contribution in [3.8, 4) is 0 Å². The van der Waals surface area contributed by atoms with E-state index in [2.05, 4.69) is 5.32 Å². The molecule has 1 saturated carbocycles. The molecular weight excluding hydrogens is 335 g/mol. The van der Waals surface area contributed by atoms with E-state index in [4.69, 9.17) is 23.2 Å². The number of hydrogen-bond donors (Lipinski definition) is 1. The van der Waals surface area contributed by atoms with Gasteiger partial charge in [-0.15, -0.1) is 0 Å². The molecule has 4 nitrogen and oxygen atoms in total. The molecule has 2 fully saturated rings. The molecule has 0 bridgehead atoms. The van der Waals surface area contributed by atoms with E-state index in [1.807, 2.05) is 4.90 Å². The second-order valence-corrected chi connectivity index (χ2v) is 7.18. The van der Waals surface area contributed by atoms with Crippen LogP contribution in [0.4, 0.5) is 0 Å². The molecule has 1 atom stereocenters. The zero-order valence-electron chi connectivity index (χ0n) is 12.9. The molecule has 3 rings (SSSR count). The number of nitrogens with zero attached hydrogens (tertiary/aromatic N) is 1. The molecule has 23 heavy (non-hydrogen) atoms. The van der Waals surface area contributed by atoms with Crippen molar-refractivity contribution in [2.45, 2.75) is 44.7 Å². The highest BCUT2D eigenvalue weighted by Gasteiger charge is 2.38. The number of halogens is 2. The van der Waals surface area contributed by atoms with Crippen LogP contribution in [-0.2, 0) is 16.1 Å². The van der Waals surface area contributed by atoms with E-state index in [-0.39, 0.29) is 17.7 Å². The van der Waals surface area contributed by atoms with Gasteiger partial charge in [0.25, 0.3) is 0 Å². The first kappa shape index (κ1) is 16.6. The topological polar surface area (TPSA) is 49.4 Å². The van der Waals surface area contributed by atoms with Gasteiger partial charge in [0.2, 0.25) is 11.8 Å². The lowest BCUT2D eigenvalue weighted by atomic mass is 10.1. The van der Waals surface area contributed by atoms with Gasteiger partial charge in [-0.3, -0.25) is 9.59 Å². The first-order chi connectivity index (χ1) is 11.0. The SMILES string of the molecule is O=C(NCc1ccc(Cl)cc1Cl)[C@@H]1CC(=O)N(C2CCCC2)C1. The molecule has 1 N–H and O–H groups in total. The van der Waals surface area contributed by atoms with Gasteiger partial charge >= 0.3 is 0 Å². The van der Waals surface area contributed by atoms with Gasteiger partial charge < -0.3 is 10.2 Å². The summed E-state index contributed by atoms with van der Waals surface area (Å²) in [4.78, 5) is 26.4. The molecule has 1 heterocycles. The lowest BCUT2D eigenvalue weighted by Gasteiger charge is -2.23. The number of nitrogens with one attached hydrogen (secondary N) is 1. The molecule has 0 radical (unpaired) electrons. The summed E-state index contributed by atoms with van der Waals surface area (Å²) in [5.74, 6) is -0.222. The first-order valence-electron chi connectivity index (χ1n) is 8.05. The Bertz CT molecular complexity index is 615. The Hall–Kier alpha value is -1.26. The molecule has 124 valence electrons. The first-order valence-corrected chi connectivity index (χ1v) is 8.81. The van der Waals surface area contributed by atoms with Crippen molar-refractivity contribution in [2.24, 2.45) is 5.92 Å². The van der Waals surface area contributed by atoms with Crippen LogP contribution in [0.25, 0.3) is 0 Å². The van der Waals surface area contributed by atoms with Gasteiger partial charge in [0.05, 0.1) is 5.92 Å². The Morgan fingerprint density at radius 2 is 2.00 bits per heavy atom. The fourth-order valence-corrected chi connectivity index (χ4v) is 3.94. The molecule has 1 aliphatic heterocycles. The Morgan fingerprint density at radius 1 is 1.26 bits per heavy atom. The minimum absolute atomic E-state index is 0.0788. The van der Waals surface area contributed by atoms with Gasteiger partial charge in [-0.2, -0.15) is 0 Å². The van der Waals surface area contributed by atoms with Gasteiger partial charge in [0, 0.05) is 35.6 Å². The average molecular weight is 355 g/mol. The molecule has 1 aromatic carbocycles. The standard InChI is InChI=1S/C17H20Cl2N2O2/c18-13-6-5-11(15(19)8-13)9-20-17(23)12-7-16(22)21(10-12)14-3-1-2-4-14/h5-6,8,12,14H,1-4,7,9-10H2,(H,20,23)/t12-/m1/s1. The Kier molecular flexibility index (Phi) is 5.12. The number of hydrogen-bond acceptors (Lipinski definition) is 2. The van der Waals surface area contributed by atoms with Gasteiger partial charge in [0.15, 0.2) is 0 Å². The monoisotopic (exact) mass is 354 g/mol. The Balaban J connectivity index is 1.55. The second-order valence-electron chi connectivity index (χ2n) is 6.34. The highest BCUT2D eigenvalue weighted by atomic mass is 35.5. The van der Waals surface area contributed by atoms with Crippen molar-refractivity contribution in [1.82, 2.24) is 10.2 Å². The van der Waals surface area contributed by atoms with Gasteiger partial charge in [0.1, 0.15) is 0 Å². The zero-order chi connectivity index (χ0) is 16.4. The third kappa shape index (κ3) is 3.81. The summed E-state index contributed by atoms with van der Waals surface area (Å²) in [6.45, 7) is 0.895.